The first-order valence-corrected chi connectivity index (χ1v) is 8.05. The molecule has 0 spiro atoms. The molecule has 0 radical (unpaired) electrons. The Hall–Kier alpha value is -2.08. The van der Waals surface area contributed by atoms with Gasteiger partial charge in [-0.15, -0.1) is 0 Å². The lowest BCUT2D eigenvalue weighted by atomic mass is 10.1. The zero-order chi connectivity index (χ0) is 14.6. The molecule has 1 aromatic carbocycles. The number of aryl methyl sites for hydroxylation is 1. The van der Waals surface area contributed by atoms with Crippen molar-refractivity contribution in [2.24, 2.45) is 0 Å². The highest BCUT2D eigenvalue weighted by Gasteiger charge is 2.02. The van der Waals surface area contributed by atoms with Crippen molar-refractivity contribution in [2.75, 3.05) is 16.3 Å². The topological polar surface area (TPSA) is 71.1 Å². The van der Waals surface area contributed by atoms with Crippen LogP contribution in [0.4, 0.5) is 11.5 Å². The number of pyridine rings is 1. The average Bonchev–Trinajstić information content (AvgIpc) is 2.36. The largest absolute Gasteiger partial charge is 0.380 e. The summed E-state index contributed by atoms with van der Waals surface area (Å²) in [5, 5.41) is 3.24. The van der Waals surface area contributed by atoms with Gasteiger partial charge in [0.2, 0.25) is 10.0 Å². The second kappa shape index (κ2) is 5.92. The van der Waals surface area contributed by atoms with Crippen molar-refractivity contribution >= 4 is 21.5 Å². The van der Waals surface area contributed by atoms with Crippen molar-refractivity contribution < 1.29 is 8.42 Å². The molecule has 0 saturated heterocycles. The monoisotopic (exact) mass is 291 g/mol. The van der Waals surface area contributed by atoms with E-state index in [4.69, 9.17) is 0 Å². The van der Waals surface area contributed by atoms with Gasteiger partial charge in [0, 0.05) is 6.54 Å². The normalized spacial score (nSPS) is 11.1. The summed E-state index contributed by atoms with van der Waals surface area (Å²) in [7, 11) is -3.28. The molecule has 106 valence electrons. The van der Waals surface area contributed by atoms with Gasteiger partial charge >= 0.3 is 0 Å². The highest BCUT2D eigenvalue weighted by atomic mass is 32.2. The molecule has 5 nitrogen and oxygen atoms in total. The number of hydrogen-bond donors (Lipinski definition) is 2. The third kappa shape index (κ3) is 4.55. The van der Waals surface area contributed by atoms with Crippen LogP contribution in [0, 0.1) is 6.92 Å². The molecule has 0 amide bonds. The Kier molecular flexibility index (Phi) is 4.24. The molecule has 1 aromatic heterocycles. The highest BCUT2D eigenvalue weighted by Crippen LogP contribution is 2.12. The van der Waals surface area contributed by atoms with Crippen LogP contribution in [-0.4, -0.2) is 19.7 Å². The summed E-state index contributed by atoms with van der Waals surface area (Å²) < 4.78 is 24.4. The number of aromatic nitrogens is 1. The van der Waals surface area contributed by atoms with Crippen molar-refractivity contribution in [3.63, 3.8) is 0 Å². The van der Waals surface area contributed by atoms with Crippen LogP contribution < -0.4 is 10.0 Å². The van der Waals surface area contributed by atoms with E-state index in [0.717, 1.165) is 11.9 Å². The number of nitrogens with zero attached hydrogens (tertiary/aromatic N) is 1. The van der Waals surface area contributed by atoms with E-state index in [0.29, 0.717) is 12.4 Å². The molecule has 0 aliphatic carbocycles. The molecule has 20 heavy (non-hydrogen) atoms. The average molecular weight is 291 g/mol. The fraction of sp³-hybridized carbons (Fsp3) is 0.214. The van der Waals surface area contributed by atoms with Gasteiger partial charge in [-0.25, -0.2) is 13.4 Å². The molecule has 2 N–H and O–H groups in total. The van der Waals surface area contributed by atoms with Crippen LogP contribution in [0.1, 0.15) is 11.1 Å². The second-order valence-electron chi connectivity index (χ2n) is 4.65. The number of rotatable bonds is 5. The van der Waals surface area contributed by atoms with E-state index in [-0.39, 0.29) is 0 Å². The minimum atomic E-state index is -3.28. The first kappa shape index (κ1) is 14.3. The van der Waals surface area contributed by atoms with Crippen LogP contribution in [0.15, 0.2) is 42.6 Å². The van der Waals surface area contributed by atoms with E-state index in [1.165, 1.54) is 11.1 Å². The van der Waals surface area contributed by atoms with Crippen molar-refractivity contribution in [1.29, 1.82) is 0 Å². The van der Waals surface area contributed by atoms with Crippen molar-refractivity contribution in [1.82, 2.24) is 4.98 Å². The van der Waals surface area contributed by atoms with Crippen LogP contribution in [0.5, 0.6) is 0 Å². The van der Waals surface area contributed by atoms with E-state index in [9.17, 15) is 8.42 Å². The van der Waals surface area contributed by atoms with E-state index in [1.54, 1.807) is 18.3 Å². The number of hydrogen-bond acceptors (Lipinski definition) is 4. The third-order valence-corrected chi connectivity index (χ3v) is 3.21. The predicted octanol–water partition coefficient (Wildman–Crippen LogP) is 2.37. The van der Waals surface area contributed by atoms with Gasteiger partial charge < -0.3 is 5.32 Å². The molecule has 0 bridgehead atoms. The van der Waals surface area contributed by atoms with E-state index in [1.807, 2.05) is 12.1 Å². The minimum Gasteiger partial charge on any atom is -0.380 e. The maximum atomic E-state index is 11.1. The maximum Gasteiger partial charge on any atom is 0.230 e. The maximum absolute atomic E-state index is 11.1. The quantitative estimate of drug-likeness (QED) is 0.887. The number of nitrogens with one attached hydrogen (secondary N) is 2. The van der Waals surface area contributed by atoms with Crippen molar-refractivity contribution in [2.45, 2.75) is 13.5 Å². The SMILES string of the molecule is Cc1cccc(CNc2ccc(NS(C)(=O)=O)nc2)c1. The zero-order valence-electron chi connectivity index (χ0n) is 11.4. The second-order valence-corrected chi connectivity index (χ2v) is 6.40. The van der Waals surface area contributed by atoms with Gasteiger partial charge in [-0.2, -0.15) is 0 Å². The van der Waals surface area contributed by atoms with Gasteiger partial charge in [-0.1, -0.05) is 29.8 Å². The molecule has 2 rings (SSSR count). The molecule has 0 aliphatic heterocycles. The molecule has 0 saturated carbocycles. The number of anilines is 2. The Labute approximate surface area is 119 Å². The molecular formula is C14H17N3O2S. The lowest BCUT2D eigenvalue weighted by molar-refractivity contribution is 0.606. The van der Waals surface area contributed by atoms with E-state index < -0.39 is 10.0 Å². The Morgan fingerprint density at radius 2 is 2.00 bits per heavy atom. The fourth-order valence-corrected chi connectivity index (χ4v) is 2.28. The summed E-state index contributed by atoms with van der Waals surface area (Å²) in [5.74, 6) is 0.314. The molecule has 0 atom stereocenters. The first-order chi connectivity index (χ1) is 9.42. The van der Waals surface area contributed by atoms with Crippen LogP contribution >= 0.6 is 0 Å². The lowest BCUT2D eigenvalue weighted by Gasteiger charge is -2.08. The Morgan fingerprint density at radius 1 is 1.20 bits per heavy atom. The molecule has 0 aliphatic rings. The fourth-order valence-electron chi connectivity index (χ4n) is 1.77. The van der Waals surface area contributed by atoms with Gasteiger partial charge in [0.15, 0.2) is 0 Å². The number of benzene rings is 1. The Morgan fingerprint density at radius 3 is 2.60 bits per heavy atom. The third-order valence-electron chi connectivity index (χ3n) is 2.63. The summed E-state index contributed by atoms with van der Waals surface area (Å²) in [5.41, 5.74) is 3.24. The van der Waals surface area contributed by atoms with Gasteiger partial charge in [0.05, 0.1) is 18.1 Å². The van der Waals surface area contributed by atoms with E-state index in [2.05, 4.69) is 34.1 Å². The molecular weight excluding hydrogens is 274 g/mol. The molecule has 0 unspecified atom stereocenters. The van der Waals surface area contributed by atoms with E-state index >= 15 is 0 Å². The lowest BCUT2D eigenvalue weighted by Crippen LogP contribution is -2.10. The molecule has 1 heterocycles. The van der Waals surface area contributed by atoms with Crippen LogP contribution in [0.2, 0.25) is 0 Å². The standard InChI is InChI=1S/C14H17N3O2S/c1-11-4-3-5-12(8-11)9-15-13-6-7-14(16-10-13)17-20(2,18)19/h3-8,10,15H,9H2,1-2H3,(H,16,17). The summed E-state index contributed by atoms with van der Waals surface area (Å²) in [6.07, 6.45) is 2.70. The molecule has 6 heteroatoms. The van der Waals surface area contributed by atoms with Crippen molar-refractivity contribution in [3.05, 3.63) is 53.7 Å². The molecule has 0 fully saturated rings. The minimum absolute atomic E-state index is 0.314. The highest BCUT2D eigenvalue weighted by molar-refractivity contribution is 7.92. The Bertz CT molecular complexity index is 682. The zero-order valence-corrected chi connectivity index (χ0v) is 12.2. The number of sulfonamides is 1. The summed E-state index contributed by atoms with van der Waals surface area (Å²) in [4.78, 5) is 4.04. The smallest absolute Gasteiger partial charge is 0.230 e. The van der Waals surface area contributed by atoms with Crippen LogP contribution in [0.3, 0.4) is 0 Å². The van der Waals surface area contributed by atoms with Crippen LogP contribution in [-0.2, 0) is 16.6 Å². The molecule has 2 aromatic rings. The van der Waals surface area contributed by atoms with Gasteiger partial charge in [0.1, 0.15) is 5.82 Å². The van der Waals surface area contributed by atoms with Gasteiger partial charge in [-0.05, 0) is 24.6 Å². The Balaban J connectivity index is 1.97. The summed E-state index contributed by atoms with van der Waals surface area (Å²) in [6, 6.07) is 11.6. The van der Waals surface area contributed by atoms with Crippen LogP contribution in [0.25, 0.3) is 0 Å². The van der Waals surface area contributed by atoms with Gasteiger partial charge in [-0.3, -0.25) is 4.72 Å². The predicted molar refractivity (Wildman–Crippen MR) is 81.2 cm³/mol. The van der Waals surface area contributed by atoms with Gasteiger partial charge in [0.25, 0.3) is 0 Å². The first-order valence-electron chi connectivity index (χ1n) is 6.16. The van der Waals surface area contributed by atoms with Crippen molar-refractivity contribution in [3.8, 4) is 0 Å². The summed E-state index contributed by atoms with van der Waals surface area (Å²) in [6.45, 7) is 2.75. The summed E-state index contributed by atoms with van der Waals surface area (Å²) >= 11 is 0.